The Morgan fingerprint density at radius 1 is 2.00 bits per heavy atom. The number of nitrogens with zero attached hydrogens (tertiary/aromatic N) is 1. The Bertz CT molecular complexity index is 69.2. The molecule has 0 rings (SSSR count). The summed E-state index contributed by atoms with van der Waals surface area (Å²) >= 11 is 0. The van der Waals surface area contributed by atoms with E-state index in [-0.39, 0.29) is 0 Å². The first-order valence-electron chi connectivity index (χ1n) is 1.49. The van der Waals surface area contributed by atoms with Crippen LogP contribution in [0.5, 0.6) is 0 Å². The summed E-state index contributed by atoms with van der Waals surface area (Å²) in [5.74, 6) is 0. The van der Waals surface area contributed by atoms with Gasteiger partial charge in [-0.1, -0.05) is 0 Å². The zero-order valence-electron chi connectivity index (χ0n) is 3.56. The van der Waals surface area contributed by atoms with Gasteiger partial charge < -0.3 is 5.32 Å². The third kappa shape index (κ3) is 1.46. The standard InChI is InChI=1S/C3H6N2O/c1-4-3(6)5-2/h1H2,2H3,(H,5,6). The minimum atomic E-state index is -0.394. The van der Waals surface area contributed by atoms with Crippen molar-refractivity contribution >= 4 is 12.7 Å². The summed E-state index contributed by atoms with van der Waals surface area (Å²) in [6, 6.07) is -0.394. The van der Waals surface area contributed by atoms with Gasteiger partial charge in [0.15, 0.2) is 0 Å². The molecule has 0 aliphatic carbocycles. The fourth-order valence-electron chi connectivity index (χ4n) is 0.0791. The number of hydrogen-bond donors (Lipinski definition) is 1. The van der Waals surface area contributed by atoms with E-state index in [1.165, 1.54) is 7.05 Å². The lowest BCUT2D eigenvalue weighted by Crippen LogP contribution is -2.11. The van der Waals surface area contributed by atoms with Gasteiger partial charge in [0.2, 0.25) is 0 Å². The normalized spacial score (nSPS) is 6.83. The van der Waals surface area contributed by atoms with Crippen LogP contribution in [0.25, 0.3) is 0 Å². The monoisotopic (exact) mass is 86.0 g/mol. The molecule has 0 spiro atoms. The van der Waals surface area contributed by atoms with Gasteiger partial charge in [-0.05, 0) is 6.72 Å². The third-order valence-corrected chi connectivity index (χ3v) is 0.357. The van der Waals surface area contributed by atoms with E-state index >= 15 is 0 Å². The molecule has 0 saturated heterocycles. The zero-order valence-corrected chi connectivity index (χ0v) is 3.56. The molecule has 0 radical (unpaired) electrons. The minimum absolute atomic E-state index is 0.394. The SMILES string of the molecule is C=NC(=O)NC. The molecular weight excluding hydrogens is 80.0 g/mol. The van der Waals surface area contributed by atoms with Crippen LogP contribution in [0.4, 0.5) is 4.79 Å². The van der Waals surface area contributed by atoms with E-state index < -0.39 is 6.03 Å². The molecule has 0 atom stereocenters. The first kappa shape index (κ1) is 5.14. The number of nitrogens with one attached hydrogen (secondary N) is 1. The zero-order chi connectivity index (χ0) is 4.99. The van der Waals surface area contributed by atoms with Crippen molar-refractivity contribution < 1.29 is 4.79 Å². The molecule has 2 amide bonds. The maximum absolute atomic E-state index is 9.84. The molecule has 3 nitrogen and oxygen atoms in total. The van der Waals surface area contributed by atoms with Gasteiger partial charge in [0.05, 0.1) is 0 Å². The van der Waals surface area contributed by atoms with Gasteiger partial charge in [-0.15, -0.1) is 0 Å². The van der Waals surface area contributed by atoms with Crippen molar-refractivity contribution in [2.45, 2.75) is 0 Å². The number of carbonyl (C=O) groups is 1. The van der Waals surface area contributed by atoms with E-state index in [2.05, 4.69) is 17.0 Å². The first-order valence-corrected chi connectivity index (χ1v) is 1.49. The van der Waals surface area contributed by atoms with E-state index in [1.54, 1.807) is 0 Å². The first-order chi connectivity index (χ1) is 2.81. The lowest BCUT2D eigenvalue weighted by Gasteiger charge is -1.81. The highest BCUT2D eigenvalue weighted by Crippen LogP contribution is 1.61. The van der Waals surface area contributed by atoms with Crippen molar-refractivity contribution in [3.8, 4) is 0 Å². The van der Waals surface area contributed by atoms with Gasteiger partial charge in [-0.3, -0.25) is 0 Å². The topological polar surface area (TPSA) is 41.5 Å². The molecule has 6 heavy (non-hydrogen) atoms. The average Bonchev–Trinajstić information content (AvgIpc) is 1.65. The van der Waals surface area contributed by atoms with E-state index in [9.17, 15) is 4.79 Å². The molecule has 0 unspecified atom stereocenters. The molecule has 0 aliphatic heterocycles. The molecule has 3 heteroatoms. The number of amides is 2. The van der Waals surface area contributed by atoms with E-state index in [0.717, 1.165) is 0 Å². The highest BCUT2D eigenvalue weighted by atomic mass is 16.2. The maximum Gasteiger partial charge on any atom is 0.340 e. The molecule has 0 aromatic rings. The Balaban J connectivity index is 3.23. The second-order valence-corrected chi connectivity index (χ2v) is 0.713. The van der Waals surface area contributed by atoms with Gasteiger partial charge in [0.1, 0.15) is 0 Å². The second-order valence-electron chi connectivity index (χ2n) is 0.713. The number of urea groups is 1. The quantitative estimate of drug-likeness (QED) is 0.415. The smallest absolute Gasteiger partial charge is 0.339 e. The Morgan fingerprint density at radius 2 is 2.50 bits per heavy atom. The molecule has 0 bridgehead atoms. The van der Waals surface area contributed by atoms with E-state index in [4.69, 9.17) is 0 Å². The summed E-state index contributed by atoms with van der Waals surface area (Å²) in [6.07, 6.45) is 0. The van der Waals surface area contributed by atoms with Crippen molar-refractivity contribution in [2.75, 3.05) is 7.05 Å². The van der Waals surface area contributed by atoms with Gasteiger partial charge >= 0.3 is 6.03 Å². The molecule has 1 N–H and O–H groups in total. The highest BCUT2D eigenvalue weighted by Gasteiger charge is 1.80. The third-order valence-electron chi connectivity index (χ3n) is 0.357. The minimum Gasteiger partial charge on any atom is -0.339 e. The van der Waals surface area contributed by atoms with Crippen LogP contribution in [-0.4, -0.2) is 19.8 Å². The van der Waals surface area contributed by atoms with Crippen molar-refractivity contribution in [1.29, 1.82) is 0 Å². The molecule has 0 saturated carbocycles. The van der Waals surface area contributed by atoms with Crippen molar-refractivity contribution in [3.05, 3.63) is 0 Å². The number of aliphatic imine (C=N–C) groups is 1. The largest absolute Gasteiger partial charge is 0.340 e. The predicted octanol–water partition coefficient (Wildman–Crippen LogP) is 0.0264. The van der Waals surface area contributed by atoms with E-state index in [0.29, 0.717) is 0 Å². The van der Waals surface area contributed by atoms with Crippen molar-refractivity contribution in [2.24, 2.45) is 4.99 Å². The number of rotatable bonds is 0. The van der Waals surface area contributed by atoms with Crippen LogP contribution in [0.15, 0.2) is 4.99 Å². The average molecular weight is 86.1 g/mol. The van der Waals surface area contributed by atoms with Gasteiger partial charge in [0.25, 0.3) is 0 Å². The predicted molar refractivity (Wildman–Crippen MR) is 24.0 cm³/mol. The molecule has 34 valence electrons. The molecule has 0 aromatic carbocycles. The molecular formula is C3H6N2O. The molecule has 0 aliphatic rings. The van der Waals surface area contributed by atoms with Crippen LogP contribution >= 0.6 is 0 Å². The summed E-state index contributed by atoms with van der Waals surface area (Å²) in [7, 11) is 1.50. The van der Waals surface area contributed by atoms with Crippen LogP contribution < -0.4 is 5.32 Å². The summed E-state index contributed by atoms with van der Waals surface area (Å²) in [5.41, 5.74) is 0. The lowest BCUT2D eigenvalue weighted by molar-refractivity contribution is 0.251. The van der Waals surface area contributed by atoms with Crippen molar-refractivity contribution in [3.63, 3.8) is 0 Å². The Morgan fingerprint density at radius 3 is 2.50 bits per heavy atom. The summed E-state index contributed by atoms with van der Waals surface area (Å²) in [4.78, 5) is 12.8. The van der Waals surface area contributed by atoms with Crippen molar-refractivity contribution in [1.82, 2.24) is 5.32 Å². The number of carbonyl (C=O) groups excluding carboxylic acids is 1. The fourth-order valence-corrected chi connectivity index (χ4v) is 0.0791. The van der Waals surface area contributed by atoms with Crippen LogP contribution in [0.3, 0.4) is 0 Å². The summed E-state index contributed by atoms with van der Waals surface area (Å²) in [6.45, 7) is 2.97. The van der Waals surface area contributed by atoms with Crippen LogP contribution in [0.2, 0.25) is 0 Å². The Labute approximate surface area is 36.1 Å². The van der Waals surface area contributed by atoms with Crippen LogP contribution in [0.1, 0.15) is 0 Å². The lowest BCUT2D eigenvalue weighted by atomic mass is 11.0. The van der Waals surface area contributed by atoms with Gasteiger partial charge in [-0.25, -0.2) is 9.79 Å². The summed E-state index contributed by atoms with van der Waals surface area (Å²) in [5, 5.41) is 2.25. The Hall–Kier alpha value is -0.860. The van der Waals surface area contributed by atoms with Crippen LogP contribution in [0, 0.1) is 0 Å². The number of hydrogen-bond acceptors (Lipinski definition) is 1. The van der Waals surface area contributed by atoms with Crippen LogP contribution in [-0.2, 0) is 0 Å². The van der Waals surface area contributed by atoms with Gasteiger partial charge in [-0.2, -0.15) is 0 Å². The summed E-state index contributed by atoms with van der Waals surface area (Å²) < 4.78 is 0. The highest BCUT2D eigenvalue weighted by molar-refractivity contribution is 5.78. The van der Waals surface area contributed by atoms with Gasteiger partial charge in [0, 0.05) is 7.05 Å². The molecule has 0 fully saturated rings. The fraction of sp³-hybridized carbons (Fsp3) is 0.333. The molecule has 0 aromatic heterocycles. The maximum atomic E-state index is 9.84. The van der Waals surface area contributed by atoms with E-state index in [1.807, 2.05) is 0 Å². The Kier molecular flexibility index (Phi) is 2.04. The molecule has 0 heterocycles. The second kappa shape index (κ2) is 2.38.